The Bertz CT molecular complexity index is 504. The molecule has 0 amide bonds. The Morgan fingerprint density at radius 1 is 1.62 bits per heavy atom. The Kier molecular flexibility index (Phi) is 3.06. The molecule has 0 radical (unpaired) electrons. The first kappa shape index (κ1) is 11.5. The molecule has 0 bridgehead atoms. The molecule has 0 unspecified atom stereocenters. The van der Waals surface area contributed by atoms with Gasteiger partial charge in [0.25, 0.3) is 5.69 Å². The summed E-state index contributed by atoms with van der Waals surface area (Å²) in [6.45, 7) is 0. The van der Waals surface area contributed by atoms with E-state index in [1.165, 1.54) is 6.07 Å². The third kappa shape index (κ3) is 2.24. The van der Waals surface area contributed by atoms with E-state index in [4.69, 9.17) is 16.1 Å². The average Bonchev–Trinajstić information content (AvgIpc) is 2.14. The van der Waals surface area contributed by atoms with Crippen LogP contribution in [0.25, 0.3) is 0 Å². The van der Waals surface area contributed by atoms with Crippen molar-refractivity contribution < 1.29 is 14.8 Å². The minimum absolute atomic E-state index is 0.0750. The van der Waals surface area contributed by atoms with Crippen molar-refractivity contribution in [3.05, 3.63) is 33.4 Å². The molecule has 0 heterocycles. The zero-order valence-corrected chi connectivity index (χ0v) is 8.01. The molecule has 7 nitrogen and oxygen atoms in total. The maximum absolute atomic E-state index is 10.7. The van der Waals surface area contributed by atoms with Gasteiger partial charge in [0.2, 0.25) is 0 Å². The molecule has 3 N–H and O–H groups in total. The van der Waals surface area contributed by atoms with Crippen LogP contribution in [0.3, 0.4) is 0 Å². The number of nitrogen functional groups attached to an aromatic ring is 1. The zero-order valence-electron chi connectivity index (χ0n) is 8.01. The number of benzene rings is 1. The second kappa shape index (κ2) is 4.27. The second-order valence-corrected chi connectivity index (χ2v) is 3.02. The Morgan fingerprint density at radius 2 is 2.25 bits per heavy atom. The molecule has 0 aromatic heterocycles. The number of nitriles is 1. The minimum atomic E-state index is -1.22. The third-order valence-corrected chi connectivity index (χ3v) is 1.86. The number of rotatable bonds is 3. The molecular formula is C9H7N3O4. The second-order valence-electron chi connectivity index (χ2n) is 3.02. The Hall–Kier alpha value is -2.62. The Balaban J connectivity index is 3.45. The standard InChI is InChI=1S/C9H7N3O4/c10-4-6-2-7(11)1-5(3-8(13)14)9(6)12(15)16/h1-2H,3,11H2,(H,13,14). The van der Waals surface area contributed by atoms with Gasteiger partial charge in [-0.3, -0.25) is 14.9 Å². The molecule has 0 aliphatic rings. The summed E-state index contributed by atoms with van der Waals surface area (Å²) in [5.41, 5.74) is 4.73. The highest BCUT2D eigenvalue weighted by Crippen LogP contribution is 2.26. The van der Waals surface area contributed by atoms with Crippen molar-refractivity contribution in [1.29, 1.82) is 5.26 Å². The van der Waals surface area contributed by atoms with Crippen molar-refractivity contribution in [2.75, 3.05) is 5.73 Å². The first-order valence-electron chi connectivity index (χ1n) is 4.14. The van der Waals surface area contributed by atoms with Gasteiger partial charge in [0.1, 0.15) is 11.6 Å². The van der Waals surface area contributed by atoms with Crippen molar-refractivity contribution in [1.82, 2.24) is 0 Å². The summed E-state index contributed by atoms with van der Waals surface area (Å²) < 4.78 is 0. The van der Waals surface area contributed by atoms with Crippen LogP contribution < -0.4 is 5.73 Å². The van der Waals surface area contributed by atoms with Gasteiger partial charge >= 0.3 is 5.97 Å². The van der Waals surface area contributed by atoms with Crippen molar-refractivity contribution >= 4 is 17.3 Å². The van der Waals surface area contributed by atoms with E-state index >= 15 is 0 Å². The molecule has 82 valence electrons. The molecule has 0 atom stereocenters. The van der Waals surface area contributed by atoms with Gasteiger partial charge in [-0.15, -0.1) is 0 Å². The SMILES string of the molecule is N#Cc1cc(N)cc(CC(=O)O)c1[N+](=O)[O-]. The van der Waals surface area contributed by atoms with Crippen LogP contribution in [0.1, 0.15) is 11.1 Å². The quantitative estimate of drug-likeness (QED) is 0.438. The molecule has 1 rings (SSSR count). The minimum Gasteiger partial charge on any atom is -0.481 e. The van der Waals surface area contributed by atoms with Crippen LogP contribution in [-0.2, 0) is 11.2 Å². The lowest BCUT2D eigenvalue weighted by atomic mass is 10.0. The number of nitrogens with zero attached hydrogens (tertiary/aromatic N) is 2. The molecule has 1 aromatic rings. The Labute approximate surface area is 89.9 Å². The topological polar surface area (TPSA) is 130 Å². The summed E-state index contributed by atoms with van der Waals surface area (Å²) in [5, 5.41) is 28.0. The number of hydrogen-bond acceptors (Lipinski definition) is 5. The summed E-state index contributed by atoms with van der Waals surface area (Å²) in [6, 6.07) is 3.95. The number of nitrogens with two attached hydrogens (primary N) is 1. The number of anilines is 1. The molecule has 0 saturated heterocycles. The number of aliphatic carboxylic acids is 1. The molecule has 16 heavy (non-hydrogen) atoms. The van der Waals surface area contributed by atoms with E-state index in [1.807, 2.05) is 0 Å². The van der Waals surface area contributed by atoms with E-state index in [-0.39, 0.29) is 16.8 Å². The van der Waals surface area contributed by atoms with E-state index in [2.05, 4.69) is 0 Å². The fraction of sp³-hybridized carbons (Fsp3) is 0.111. The molecule has 0 fully saturated rings. The molecule has 7 heteroatoms. The van der Waals surface area contributed by atoms with Gasteiger partial charge in [0, 0.05) is 11.3 Å². The fourth-order valence-electron chi connectivity index (χ4n) is 1.32. The number of carbonyl (C=O) groups is 1. The van der Waals surface area contributed by atoms with E-state index in [0.717, 1.165) is 6.07 Å². The van der Waals surface area contributed by atoms with E-state index in [0.29, 0.717) is 0 Å². The predicted molar refractivity (Wildman–Crippen MR) is 53.6 cm³/mol. The van der Waals surface area contributed by atoms with Gasteiger partial charge in [-0.2, -0.15) is 5.26 Å². The summed E-state index contributed by atoms with van der Waals surface area (Å²) in [7, 11) is 0. The van der Waals surface area contributed by atoms with Crippen LogP contribution in [0, 0.1) is 21.4 Å². The maximum Gasteiger partial charge on any atom is 0.308 e. The smallest absolute Gasteiger partial charge is 0.308 e. The van der Waals surface area contributed by atoms with Gasteiger partial charge in [-0.05, 0) is 12.1 Å². The lowest BCUT2D eigenvalue weighted by Gasteiger charge is -2.03. The summed E-state index contributed by atoms with van der Waals surface area (Å²) >= 11 is 0. The van der Waals surface area contributed by atoms with Crippen molar-refractivity contribution in [2.45, 2.75) is 6.42 Å². The third-order valence-electron chi connectivity index (χ3n) is 1.86. The number of carboxylic acids is 1. The lowest BCUT2D eigenvalue weighted by molar-refractivity contribution is -0.385. The van der Waals surface area contributed by atoms with Crippen LogP contribution in [0.4, 0.5) is 11.4 Å². The maximum atomic E-state index is 10.7. The van der Waals surface area contributed by atoms with Gasteiger partial charge < -0.3 is 10.8 Å². The van der Waals surface area contributed by atoms with E-state index in [9.17, 15) is 14.9 Å². The average molecular weight is 221 g/mol. The van der Waals surface area contributed by atoms with Gasteiger partial charge in [-0.1, -0.05) is 0 Å². The first-order chi connectivity index (χ1) is 7.45. The summed E-state index contributed by atoms with van der Waals surface area (Å²) in [4.78, 5) is 20.4. The van der Waals surface area contributed by atoms with Gasteiger partial charge in [0.05, 0.1) is 11.3 Å². The monoisotopic (exact) mass is 221 g/mol. The first-order valence-corrected chi connectivity index (χ1v) is 4.14. The van der Waals surface area contributed by atoms with Gasteiger partial charge in [0.15, 0.2) is 0 Å². The molecule has 0 aliphatic carbocycles. The van der Waals surface area contributed by atoms with Crippen LogP contribution in [0.5, 0.6) is 0 Å². The highest BCUT2D eigenvalue weighted by Gasteiger charge is 2.22. The molecule has 0 saturated carbocycles. The van der Waals surface area contributed by atoms with Crippen molar-refractivity contribution in [3.63, 3.8) is 0 Å². The summed E-state index contributed by atoms with van der Waals surface area (Å²) in [6.07, 6.45) is -0.546. The zero-order chi connectivity index (χ0) is 12.3. The number of nitro groups is 1. The summed E-state index contributed by atoms with van der Waals surface area (Å²) in [5.74, 6) is -1.22. The number of hydrogen-bond donors (Lipinski definition) is 2. The van der Waals surface area contributed by atoms with Crippen LogP contribution in [0.2, 0.25) is 0 Å². The highest BCUT2D eigenvalue weighted by molar-refractivity contribution is 5.74. The van der Waals surface area contributed by atoms with Crippen molar-refractivity contribution in [2.24, 2.45) is 0 Å². The molecule has 0 spiro atoms. The highest BCUT2D eigenvalue weighted by atomic mass is 16.6. The van der Waals surface area contributed by atoms with Crippen LogP contribution in [-0.4, -0.2) is 16.0 Å². The molecular weight excluding hydrogens is 214 g/mol. The molecule has 0 aliphatic heterocycles. The van der Waals surface area contributed by atoms with Crippen molar-refractivity contribution in [3.8, 4) is 6.07 Å². The number of carboxylic acid groups (broad SMARTS) is 1. The van der Waals surface area contributed by atoms with Gasteiger partial charge in [-0.25, -0.2) is 0 Å². The fourth-order valence-corrected chi connectivity index (χ4v) is 1.32. The van der Waals surface area contributed by atoms with Crippen LogP contribution >= 0.6 is 0 Å². The number of nitro benzene ring substituents is 1. The van der Waals surface area contributed by atoms with E-state index in [1.54, 1.807) is 6.07 Å². The predicted octanol–water partition coefficient (Wildman–Crippen LogP) is 0.676. The Morgan fingerprint density at radius 3 is 2.69 bits per heavy atom. The van der Waals surface area contributed by atoms with E-state index < -0.39 is 23.0 Å². The largest absolute Gasteiger partial charge is 0.481 e. The lowest BCUT2D eigenvalue weighted by Crippen LogP contribution is -2.06. The van der Waals surface area contributed by atoms with Crippen LogP contribution in [0.15, 0.2) is 12.1 Å². The molecule has 1 aromatic carbocycles. The normalized spacial score (nSPS) is 9.44.